The topological polar surface area (TPSA) is 32.8 Å². The maximum absolute atomic E-state index is 12.2. The van der Waals surface area contributed by atoms with E-state index in [1.54, 1.807) is 11.8 Å². The lowest BCUT2D eigenvalue weighted by Crippen LogP contribution is -2.42. The smallest absolute Gasteiger partial charge is 0.233 e. The minimum absolute atomic E-state index is 0.180. The first-order valence-corrected chi connectivity index (χ1v) is 8.56. The number of benzene rings is 1. The van der Waals surface area contributed by atoms with Crippen molar-refractivity contribution in [3.05, 3.63) is 35.4 Å². The van der Waals surface area contributed by atoms with Crippen LogP contribution in [0.4, 0.5) is 0 Å². The van der Waals surface area contributed by atoms with Crippen LogP contribution < -0.4 is 0 Å². The Morgan fingerprint density at radius 2 is 1.90 bits per heavy atom. The summed E-state index contributed by atoms with van der Waals surface area (Å²) in [5.74, 6) is 0.862. The first-order chi connectivity index (χ1) is 10.2. The number of ether oxygens (including phenoxy) is 1. The zero-order valence-electron chi connectivity index (χ0n) is 12.5. The number of carbonyl (C=O) groups excluding carboxylic acids is 1. The normalized spacial score (nSPS) is 23.8. The quantitative estimate of drug-likeness (QED) is 0.850. The SMILES string of the molecule is Cc1ccc(C2SCC(=O)N2CCN2CCOCC2)cc1. The number of carbonyl (C=O) groups is 1. The van der Waals surface area contributed by atoms with Gasteiger partial charge in [0.05, 0.1) is 19.0 Å². The maximum Gasteiger partial charge on any atom is 0.233 e. The summed E-state index contributed by atoms with van der Waals surface area (Å²) in [6.07, 6.45) is 0. The van der Waals surface area contributed by atoms with E-state index in [-0.39, 0.29) is 11.3 Å². The molecule has 0 spiro atoms. The van der Waals surface area contributed by atoms with E-state index in [1.807, 2.05) is 4.90 Å². The Bertz CT molecular complexity index is 486. The minimum atomic E-state index is 0.180. The molecule has 1 aromatic rings. The van der Waals surface area contributed by atoms with Gasteiger partial charge in [0.25, 0.3) is 0 Å². The third-order valence-electron chi connectivity index (χ3n) is 4.09. The Kier molecular flexibility index (Phi) is 4.83. The molecule has 0 bridgehead atoms. The lowest BCUT2D eigenvalue weighted by atomic mass is 10.1. The van der Waals surface area contributed by atoms with E-state index in [9.17, 15) is 4.79 Å². The zero-order valence-corrected chi connectivity index (χ0v) is 13.3. The third kappa shape index (κ3) is 3.59. The number of rotatable bonds is 4. The monoisotopic (exact) mass is 306 g/mol. The summed E-state index contributed by atoms with van der Waals surface area (Å²) >= 11 is 1.74. The highest BCUT2D eigenvalue weighted by atomic mass is 32.2. The summed E-state index contributed by atoms with van der Waals surface area (Å²) in [6, 6.07) is 8.54. The molecule has 0 radical (unpaired) electrons. The number of amides is 1. The van der Waals surface area contributed by atoms with Gasteiger partial charge in [-0.1, -0.05) is 29.8 Å². The summed E-state index contributed by atoms with van der Waals surface area (Å²) in [5.41, 5.74) is 2.49. The average molecular weight is 306 g/mol. The first kappa shape index (κ1) is 14.9. The predicted molar refractivity (Wildman–Crippen MR) is 85.4 cm³/mol. The molecule has 0 N–H and O–H groups in total. The number of nitrogens with zero attached hydrogens (tertiary/aromatic N) is 2. The molecule has 4 nitrogen and oxygen atoms in total. The minimum Gasteiger partial charge on any atom is -0.379 e. The van der Waals surface area contributed by atoms with E-state index in [0.29, 0.717) is 5.75 Å². The second-order valence-corrected chi connectivity index (χ2v) is 6.68. The van der Waals surface area contributed by atoms with Crippen molar-refractivity contribution in [3.63, 3.8) is 0 Å². The summed E-state index contributed by atoms with van der Waals surface area (Å²) in [7, 11) is 0. The van der Waals surface area contributed by atoms with Crippen LogP contribution in [-0.2, 0) is 9.53 Å². The van der Waals surface area contributed by atoms with Gasteiger partial charge in [0.1, 0.15) is 5.37 Å². The van der Waals surface area contributed by atoms with Gasteiger partial charge in [-0.2, -0.15) is 0 Å². The second-order valence-electron chi connectivity index (χ2n) is 5.62. The van der Waals surface area contributed by atoms with Crippen LogP contribution in [0.3, 0.4) is 0 Å². The Hall–Kier alpha value is -1.04. The van der Waals surface area contributed by atoms with Crippen molar-refractivity contribution in [1.29, 1.82) is 0 Å². The van der Waals surface area contributed by atoms with Crippen LogP contribution in [0.15, 0.2) is 24.3 Å². The number of hydrogen-bond acceptors (Lipinski definition) is 4. The molecule has 0 aliphatic carbocycles. The molecule has 1 amide bonds. The molecule has 2 aliphatic rings. The van der Waals surface area contributed by atoms with Gasteiger partial charge in [0.15, 0.2) is 0 Å². The predicted octanol–water partition coefficient (Wildman–Crippen LogP) is 1.90. The van der Waals surface area contributed by atoms with Crippen LogP contribution in [0, 0.1) is 6.92 Å². The highest BCUT2D eigenvalue weighted by molar-refractivity contribution is 8.00. The van der Waals surface area contributed by atoms with Gasteiger partial charge in [-0.25, -0.2) is 0 Å². The first-order valence-electron chi connectivity index (χ1n) is 7.52. The van der Waals surface area contributed by atoms with Crippen LogP contribution in [-0.4, -0.2) is 60.9 Å². The van der Waals surface area contributed by atoms with Gasteiger partial charge in [-0.05, 0) is 12.5 Å². The molecule has 3 rings (SSSR count). The fraction of sp³-hybridized carbons (Fsp3) is 0.562. The largest absolute Gasteiger partial charge is 0.379 e. The second kappa shape index (κ2) is 6.81. The molecule has 1 atom stereocenters. The number of hydrogen-bond donors (Lipinski definition) is 0. The van der Waals surface area contributed by atoms with E-state index < -0.39 is 0 Å². The van der Waals surface area contributed by atoms with Crippen LogP contribution in [0.25, 0.3) is 0 Å². The van der Waals surface area contributed by atoms with Crippen molar-refractivity contribution in [1.82, 2.24) is 9.80 Å². The van der Waals surface area contributed by atoms with Gasteiger partial charge >= 0.3 is 0 Å². The van der Waals surface area contributed by atoms with Crippen LogP contribution in [0.2, 0.25) is 0 Å². The van der Waals surface area contributed by atoms with Gasteiger partial charge < -0.3 is 9.64 Å². The van der Waals surface area contributed by atoms with Crippen molar-refractivity contribution in [2.24, 2.45) is 0 Å². The standard InChI is InChI=1S/C16H22N2O2S/c1-13-2-4-14(5-3-13)16-18(15(19)12-21-16)7-6-17-8-10-20-11-9-17/h2-5,16H,6-12H2,1H3. The average Bonchev–Trinajstić information content (AvgIpc) is 2.88. The maximum atomic E-state index is 12.2. The van der Waals surface area contributed by atoms with Crippen LogP contribution >= 0.6 is 11.8 Å². The molecular weight excluding hydrogens is 284 g/mol. The highest BCUT2D eigenvalue weighted by Gasteiger charge is 2.32. The third-order valence-corrected chi connectivity index (χ3v) is 5.35. The zero-order chi connectivity index (χ0) is 14.7. The lowest BCUT2D eigenvalue weighted by Gasteiger charge is -2.30. The van der Waals surface area contributed by atoms with Gasteiger partial charge in [-0.3, -0.25) is 9.69 Å². The molecule has 2 saturated heterocycles. The van der Waals surface area contributed by atoms with E-state index >= 15 is 0 Å². The molecule has 5 heteroatoms. The summed E-state index contributed by atoms with van der Waals surface area (Å²) < 4.78 is 5.37. The van der Waals surface area contributed by atoms with Gasteiger partial charge in [0, 0.05) is 26.2 Å². The molecule has 2 aliphatic heterocycles. The highest BCUT2D eigenvalue weighted by Crippen LogP contribution is 2.38. The van der Waals surface area contributed by atoms with Crippen molar-refractivity contribution in [2.45, 2.75) is 12.3 Å². The summed E-state index contributed by atoms with van der Waals surface area (Å²) in [5, 5.41) is 0.180. The Morgan fingerprint density at radius 3 is 2.62 bits per heavy atom. The van der Waals surface area contributed by atoms with Crippen LogP contribution in [0.5, 0.6) is 0 Å². The molecule has 1 aromatic carbocycles. The summed E-state index contributed by atoms with van der Waals surface area (Å²) in [6.45, 7) is 7.41. The number of aryl methyl sites for hydroxylation is 1. The molecule has 0 aromatic heterocycles. The van der Waals surface area contributed by atoms with Gasteiger partial charge in [0.2, 0.25) is 5.91 Å². The number of thioether (sulfide) groups is 1. The molecule has 21 heavy (non-hydrogen) atoms. The number of morpholine rings is 1. The molecule has 114 valence electrons. The fourth-order valence-electron chi connectivity index (χ4n) is 2.78. The molecule has 2 fully saturated rings. The van der Waals surface area contributed by atoms with E-state index in [2.05, 4.69) is 36.1 Å². The Labute approximate surface area is 130 Å². The Morgan fingerprint density at radius 1 is 1.19 bits per heavy atom. The molecule has 0 saturated carbocycles. The molecule has 1 unspecified atom stereocenters. The van der Waals surface area contributed by atoms with E-state index in [1.165, 1.54) is 11.1 Å². The van der Waals surface area contributed by atoms with Crippen molar-refractivity contribution in [2.75, 3.05) is 45.1 Å². The van der Waals surface area contributed by atoms with E-state index in [4.69, 9.17) is 4.74 Å². The fourth-order valence-corrected chi connectivity index (χ4v) is 4.00. The Balaban J connectivity index is 1.63. The molecular formula is C16H22N2O2S. The van der Waals surface area contributed by atoms with Gasteiger partial charge in [-0.15, -0.1) is 11.8 Å². The van der Waals surface area contributed by atoms with Crippen LogP contribution in [0.1, 0.15) is 16.5 Å². The van der Waals surface area contributed by atoms with Crippen molar-refractivity contribution in [3.8, 4) is 0 Å². The van der Waals surface area contributed by atoms with Crippen molar-refractivity contribution < 1.29 is 9.53 Å². The summed E-state index contributed by atoms with van der Waals surface area (Å²) in [4.78, 5) is 16.6. The lowest BCUT2D eigenvalue weighted by molar-refractivity contribution is -0.128. The van der Waals surface area contributed by atoms with Crippen molar-refractivity contribution >= 4 is 17.7 Å². The van der Waals surface area contributed by atoms with E-state index in [0.717, 1.165) is 39.4 Å². The molecule has 2 heterocycles.